The lowest BCUT2D eigenvalue weighted by Crippen LogP contribution is -2.56. The van der Waals surface area contributed by atoms with Gasteiger partial charge in [-0.15, -0.1) is 0 Å². The molecule has 0 bridgehead atoms. The number of ether oxygens (including phenoxy) is 3. The van der Waals surface area contributed by atoms with E-state index in [1.165, 1.54) is 17.7 Å². The largest absolute Gasteiger partial charge is 0.467 e. The summed E-state index contributed by atoms with van der Waals surface area (Å²) in [6.45, 7) is 5.10. The monoisotopic (exact) mass is 751 g/mol. The van der Waals surface area contributed by atoms with Crippen LogP contribution in [0.5, 0.6) is 5.88 Å². The minimum Gasteiger partial charge on any atom is -0.467 e. The van der Waals surface area contributed by atoms with Crippen molar-refractivity contribution in [2.24, 2.45) is 0 Å². The molecule has 3 heterocycles. The summed E-state index contributed by atoms with van der Waals surface area (Å²) in [5.74, 6) is -1.67. The van der Waals surface area contributed by atoms with Crippen LogP contribution in [0.3, 0.4) is 0 Å². The highest BCUT2D eigenvalue weighted by atomic mass is 16.6. The Morgan fingerprint density at radius 1 is 0.870 bits per heavy atom. The van der Waals surface area contributed by atoms with Gasteiger partial charge in [-0.2, -0.15) is 5.10 Å². The molecule has 2 aliphatic heterocycles. The number of amides is 5. The number of carbonyl (C=O) groups is 6. The first kappa shape index (κ1) is 40.0. The van der Waals surface area contributed by atoms with Crippen LogP contribution < -0.4 is 15.4 Å². The third kappa shape index (κ3) is 10.9. The van der Waals surface area contributed by atoms with Gasteiger partial charge in [0.1, 0.15) is 12.1 Å². The van der Waals surface area contributed by atoms with E-state index in [0.29, 0.717) is 57.6 Å². The van der Waals surface area contributed by atoms with Crippen molar-refractivity contribution in [1.82, 2.24) is 35.1 Å². The standard InChI is InChI=1S/C38H53N7O9/c1-3-4-23-53-38(51)43-21-19-42(20-22-43)37(50)30(16-8-9-24-52-27(2)46)40-35(48)31-25-34(45(41-31)29-14-6-5-7-15-29)54-26-33(47)44-18-11-17-32(44)36(49)39-28-12-10-13-28/h5-7,14-15,25,28,30,32H,3-4,8-13,16-24,26H2,1-2H3,(H,39,49)(H,40,48)/t30-,32-/m0/s1. The van der Waals surface area contributed by atoms with E-state index < -0.39 is 30.1 Å². The molecule has 54 heavy (non-hydrogen) atoms. The zero-order valence-corrected chi connectivity index (χ0v) is 31.3. The van der Waals surface area contributed by atoms with Gasteiger partial charge in [-0.3, -0.25) is 24.0 Å². The van der Waals surface area contributed by atoms with E-state index in [2.05, 4.69) is 15.7 Å². The first-order chi connectivity index (χ1) is 26.1. The highest BCUT2D eigenvalue weighted by Gasteiger charge is 2.36. The highest BCUT2D eigenvalue weighted by molar-refractivity contribution is 5.96. The minimum atomic E-state index is -0.927. The molecule has 1 aromatic carbocycles. The number of carbonyl (C=O) groups excluding carboxylic acids is 6. The fraction of sp³-hybridized carbons (Fsp3) is 0.605. The molecule has 1 saturated carbocycles. The quantitative estimate of drug-likeness (QED) is 0.180. The normalized spacial score (nSPS) is 17.7. The van der Waals surface area contributed by atoms with Gasteiger partial charge >= 0.3 is 12.1 Å². The van der Waals surface area contributed by atoms with Crippen LogP contribution in [0.25, 0.3) is 5.69 Å². The maximum Gasteiger partial charge on any atom is 0.409 e. The second kappa shape index (κ2) is 19.8. The lowest BCUT2D eigenvalue weighted by molar-refractivity contribution is -0.141. The van der Waals surface area contributed by atoms with E-state index >= 15 is 0 Å². The molecular weight excluding hydrogens is 698 g/mol. The average Bonchev–Trinajstić information content (AvgIpc) is 3.83. The number of piperazine rings is 1. The summed E-state index contributed by atoms with van der Waals surface area (Å²) in [5, 5.41) is 10.4. The molecule has 16 heteroatoms. The maximum absolute atomic E-state index is 13.8. The Kier molecular flexibility index (Phi) is 14.7. The van der Waals surface area contributed by atoms with Gasteiger partial charge in [0.2, 0.25) is 17.7 Å². The molecule has 2 atom stereocenters. The first-order valence-corrected chi connectivity index (χ1v) is 19.2. The molecule has 16 nitrogen and oxygen atoms in total. The van der Waals surface area contributed by atoms with Crippen LogP contribution in [0.2, 0.25) is 0 Å². The second-order valence-corrected chi connectivity index (χ2v) is 13.9. The molecule has 5 rings (SSSR count). The predicted octanol–water partition coefficient (Wildman–Crippen LogP) is 2.82. The van der Waals surface area contributed by atoms with Gasteiger partial charge in [-0.25, -0.2) is 9.48 Å². The molecule has 1 aliphatic carbocycles. The molecule has 2 saturated heterocycles. The number of hydrogen-bond donors (Lipinski definition) is 2. The molecule has 0 unspecified atom stereocenters. The van der Waals surface area contributed by atoms with Crippen molar-refractivity contribution in [2.45, 2.75) is 96.2 Å². The topological polar surface area (TPSA) is 182 Å². The van der Waals surface area contributed by atoms with Crippen LogP contribution in [-0.2, 0) is 28.7 Å². The molecule has 294 valence electrons. The Morgan fingerprint density at radius 3 is 2.28 bits per heavy atom. The Morgan fingerprint density at radius 2 is 1.59 bits per heavy atom. The maximum atomic E-state index is 13.8. The van der Waals surface area contributed by atoms with Gasteiger partial charge < -0.3 is 39.5 Å². The number of nitrogens with one attached hydrogen (secondary N) is 2. The lowest BCUT2D eigenvalue weighted by Gasteiger charge is -2.36. The number of rotatable bonds is 17. The fourth-order valence-corrected chi connectivity index (χ4v) is 6.62. The van der Waals surface area contributed by atoms with Crippen molar-refractivity contribution in [2.75, 3.05) is 52.5 Å². The molecule has 0 spiro atoms. The Labute approximate surface area is 315 Å². The summed E-state index contributed by atoms with van der Waals surface area (Å²) in [4.78, 5) is 82.4. The van der Waals surface area contributed by atoms with Crippen LogP contribution in [-0.4, -0.2) is 131 Å². The number of nitrogens with zero attached hydrogens (tertiary/aromatic N) is 5. The van der Waals surface area contributed by atoms with Gasteiger partial charge in [0.25, 0.3) is 11.8 Å². The van der Waals surface area contributed by atoms with Crippen LogP contribution in [0, 0.1) is 0 Å². The number of para-hydroxylation sites is 1. The first-order valence-electron chi connectivity index (χ1n) is 19.2. The number of benzene rings is 1. The van der Waals surface area contributed by atoms with Crippen molar-refractivity contribution in [3.05, 3.63) is 42.1 Å². The van der Waals surface area contributed by atoms with Crippen molar-refractivity contribution >= 4 is 35.7 Å². The Bertz CT molecular complexity index is 1600. The molecule has 0 radical (unpaired) electrons. The van der Waals surface area contributed by atoms with Crippen molar-refractivity contribution in [3.8, 4) is 11.6 Å². The van der Waals surface area contributed by atoms with E-state index in [0.717, 1.165) is 32.1 Å². The summed E-state index contributed by atoms with van der Waals surface area (Å²) in [5.41, 5.74) is 0.555. The molecular formula is C38H53N7O9. The fourth-order valence-electron chi connectivity index (χ4n) is 6.62. The molecule has 1 aromatic heterocycles. The van der Waals surface area contributed by atoms with Crippen molar-refractivity contribution < 1.29 is 43.0 Å². The van der Waals surface area contributed by atoms with Gasteiger partial charge in [0.15, 0.2) is 12.3 Å². The van der Waals surface area contributed by atoms with Gasteiger partial charge in [0, 0.05) is 51.8 Å². The number of esters is 1. The van der Waals surface area contributed by atoms with Crippen LogP contribution >= 0.6 is 0 Å². The van der Waals surface area contributed by atoms with E-state index in [1.54, 1.807) is 39.0 Å². The van der Waals surface area contributed by atoms with E-state index in [4.69, 9.17) is 14.2 Å². The van der Waals surface area contributed by atoms with Gasteiger partial charge in [-0.1, -0.05) is 31.5 Å². The summed E-state index contributed by atoms with van der Waals surface area (Å²) in [7, 11) is 0. The van der Waals surface area contributed by atoms with E-state index in [9.17, 15) is 28.8 Å². The third-order valence-electron chi connectivity index (χ3n) is 9.95. The van der Waals surface area contributed by atoms with Crippen LogP contribution in [0.4, 0.5) is 4.79 Å². The number of unbranched alkanes of at least 4 members (excludes halogenated alkanes) is 2. The van der Waals surface area contributed by atoms with Crippen molar-refractivity contribution in [3.63, 3.8) is 0 Å². The number of likely N-dealkylation sites (tertiary alicyclic amines) is 1. The van der Waals surface area contributed by atoms with E-state index in [1.807, 2.05) is 13.0 Å². The molecule has 3 fully saturated rings. The third-order valence-corrected chi connectivity index (χ3v) is 9.95. The SMILES string of the molecule is CCCCOC(=O)N1CCN(C(=O)[C@H](CCCCOC(C)=O)NC(=O)c2cc(OCC(=O)N3CCC[C@H]3C(=O)NC3CCC3)n(-c3ccccc3)n2)CC1. The van der Waals surface area contributed by atoms with E-state index in [-0.39, 0.29) is 68.1 Å². The molecule has 2 aromatic rings. The molecule has 2 N–H and O–H groups in total. The summed E-state index contributed by atoms with van der Waals surface area (Å²) in [6, 6.07) is 9.11. The average molecular weight is 752 g/mol. The minimum absolute atomic E-state index is 0.0300. The smallest absolute Gasteiger partial charge is 0.409 e. The Hall–Kier alpha value is -5.15. The van der Waals surface area contributed by atoms with Gasteiger partial charge in [0.05, 0.1) is 18.9 Å². The zero-order chi connectivity index (χ0) is 38.5. The predicted molar refractivity (Wildman–Crippen MR) is 196 cm³/mol. The number of hydrogen-bond acceptors (Lipinski definition) is 10. The summed E-state index contributed by atoms with van der Waals surface area (Å²) < 4.78 is 17.8. The summed E-state index contributed by atoms with van der Waals surface area (Å²) >= 11 is 0. The second-order valence-electron chi connectivity index (χ2n) is 13.9. The lowest BCUT2D eigenvalue weighted by atomic mass is 9.93. The summed E-state index contributed by atoms with van der Waals surface area (Å²) in [6.07, 6.45) is 6.82. The van der Waals surface area contributed by atoms with Crippen LogP contribution in [0.1, 0.15) is 88.5 Å². The molecule has 3 aliphatic rings. The van der Waals surface area contributed by atoms with Gasteiger partial charge in [-0.05, 0) is 69.9 Å². The number of aromatic nitrogens is 2. The van der Waals surface area contributed by atoms with Crippen LogP contribution in [0.15, 0.2) is 36.4 Å². The highest BCUT2D eigenvalue weighted by Crippen LogP contribution is 2.24. The van der Waals surface area contributed by atoms with Crippen molar-refractivity contribution in [1.29, 1.82) is 0 Å². The zero-order valence-electron chi connectivity index (χ0n) is 31.3. The molecule has 5 amide bonds. The Balaban J connectivity index is 1.26.